The maximum absolute atomic E-state index is 12.4. The molecule has 4 aromatic rings. The average molecular weight is 627 g/mol. The molecule has 1 aliphatic heterocycles. The highest BCUT2D eigenvalue weighted by Crippen LogP contribution is 2.32. The SMILES string of the molecule is O=[N+]([O-])c1cn(CC[C@@H](O)COc2ccc3nc(N4CCN(Cc5ccc(OC(F)(F)F)cc5)CC4)sc3c2)c(Cl)n1. The van der Waals surface area contributed by atoms with Crippen molar-refractivity contribution in [3.05, 3.63) is 69.6 Å². The molecular formula is C26H26ClF3N6O5S. The Morgan fingerprint density at radius 2 is 1.81 bits per heavy atom. The van der Waals surface area contributed by atoms with Crippen molar-refractivity contribution in [2.75, 3.05) is 37.7 Å². The van der Waals surface area contributed by atoms with Gasteiger partial charge in [0.15, 0.2) is 5.13 Å². The van der Waals surface area contributed by atoms with Crippen LogP contribution in [-0.2, 0) is 13.1 Å². The van der Waals surface area contributed by atoms with Crippen LogP contribution in [0, 0.1) is 10.1 Å². The highest BCUT2D eigenvalue weighted by Gasteiger charge is 2.31. The molecule has 2 aromatic heterocycles. The molecule has 5 rings (SSSR count). The highest BCUT2D eigenvalue weighted by atomic mass is 35.5. The summed E-state index contributed by atoms with van der Waals surface area (Å²) in [5, 5.41) is 22.0. The van der Waals surface area contributed by atoms with Crippen LogP contribution >= 0.6 is 22.9 Å². The van der Waals surface area contributed by atoms with Gasteiger partial charge in [-0.1, -0.05) is 23.5 Å². The molecule has 0 spiro atoms. The van der Waals surface area contributed by atoms with Crippen LogP contribution < -0.4 is 14.4 Å². The fourth-order valence-electron chi connectivity index (χ4n) is 4.46. The molecule has 0 amide bonds. The van der Waals surface area contributed by atoms with Crippen molar-refractivity contribution in [3.63, 3.8) is 0 Å². The third-order valence-electron chi connectivity index (χ3n) is 6.60. The summed E-state index contributed by atoms with van der Waals surface area (Å²) in [6, 6.07) is 11.5. The third-order valence-corrected chi connectivity index (χ3v) is 7.98. The lowest BCUT2D eigenvalue weighted by Crippen LogP contribution is -2.45. The molecule has 0 saturated carbocycles. The number of imidazole rings is 1. The van der Waals surface area contributed by atoms with Gasteiger partial charge in [-0.25, -0.2) is 4.98 Å². The van der Waals surface area contributed by atoms with Crippen LogP contribution in [0.25, 0.3) is 10.2 Å². The predicted molar refractivity (Wildman–Crippen MR) is 150 cm³/mol. The van der Waals surface area contributed by atoms with E-state index in [2.05, 4.69) is 19.5 Å². The molecule has 0 radical (unpaired) electrons. The van der Waals surface area contributed by atoms with Crippen molar-refractivity contribution in [1.82, 2.24) is 19.4 Å². The molecule has 11 nitrogen and oxygen atoms in total. The summed E-state index contributed by atoms with van der Waals surface area (Å²) >= 11 is 7.46. The molecule has 42 heavy (non-hydrogen) atoms. The van der Waals surface area contributed by atoms with Crippen molar-refractivity contribution in [3.8, 4) is 11.5 Å². The van der Waals surface area contributed by atoms with E-state index in [4.69, 9.17) is 21.3 Å². The van der Waals surface area contributed by atoms with Crippen molar-refractivity contribution in [2.24, 2.45) is 0 Å². The Bertz CT molecular complexity index is 1530. The fourth-order valence-corrected chi connectivity index (χ4v) is 5.72. The number of thiazole rings is 1. The van der Waals surface area contributed by atoms with Crippen LogP contribution in [0.3, 0.4) is 0 Å². The zero-order chi connectivity index (χ0) is 29.9. The summed E-state index contributed by atoms with van der Waals surface area (Å²) < 4.78 is 49.2. The van der Waals surface area contributed by atoms with Crippen LogP contribution in [-0.4, -0.2) is 74.7 Å². The number of hydrogen-bond donors (Lipinski definition) is 1. The number of ether oxygens (including phenoxy) is 2. The van der Waals surface area contributed by atoms with Crippen LogP contribution in [0.15, 0.2) is 48.7 Å². The Morgan fingerprint density at radius 3 is 2.48 bits per heavy atom. The number of nitro groups is 1. The molecule has 3 heterocycles. The number of nitrogens with zero attached hydrogens (tertiary/aromatic N) is 6. The standard InChI is InChI=1S/C26H26ClF3N6O5S/c27-24-32-23(36(38)39)15-35(24)8-7-18(37)16-40-20-5-6-21-22(13-20)42-25(31-21)34-11-9-33(10-12-34)14-17-1-3-19(4-2-17)41-26(28,29)30/h1-6,13,15,18,37H,7-12,14,16H2/t18-/m1/s1. The minimum absolute atomic E-state index is 0.0178. The maximum Gasteiger partial charge on any atom is 0.573 e. The van der Waals surface area contributed by atoms with E-state index in [1.807, 2.05) is 12.1 Å². The number of aryl methyl sites for hydroxylation is 1. The van der Waals surface area contributed by atoms with E-state index in [0.717, 1.165) is 47.1 Å². The fraction of sp³-hybridized carbons (Fsp3) is 0.385. The van der Waals surface area contributed by atoms with E-state index in [0.29, 0.717) is 12.3 Å². The van der Waals surface area contributed by atoms with Gasteiger partial charge in [0.05, 0.1) is 16.3 Å². The van der Waals surface area contributed by atoms with Crippen LogP contribution in [0.5, 0.6) is 11.5 Å². The number of piperazine rings is 1. The van der Waals surface area contributed by atoms with Gasteiger partial charge >= 0.3 is 17.5 Å². The Morgan fingerprint density at radius 1 is 1.10 bits per heavy atom. The molecule has 0 aliphatic carbocycles. The van der Waals surface area contributed by atoms with Gasteiger partial charge in [-0.05, 0) is 63.8 Å². The molecule has 1 aliphatic rings. The van der Waals surface area contributed by atoms with Crippen molar-refractivity contribution >= 4 is 44.1 Å². The third kappa shape index (κ3) is 7.79. The van der Waals surface area contributed by atoms with Crippen LogP contribution in [0.2, 0.25) is 5.28 Å². The van der Waals surface area contributed by atoms with Gasteiger partial charge < -0.3 is 29.6 Å². The first-order valence-electron chi connectivity index (χ1n) is 12.9. The number of alkyl halides is 3. The number of benzene rings is 2. The quantitative estimate of drug-likeness (QED) is 0.179. The normalized spacial score (nSPS) is 15.2. The number of halogens is 4. The van der Waals surface area contributed by atoms with Crippen molar-refractivity contribution in [2.45, 2.75) is 32.0 Å². The highest BCUT2D eigenvalue weighted by molar-refractivity contribution is 7.22. The number of aromatic nitrogens is 3. The molecule has 2 aromatic carbocycles. The van der Waals surface area contributed by atoms with Gasteiger partial charge in [0, 0.05) is 39.3 Å². The predicted octanol–water partition coefficient (Wildman–Crippen LogP) is 5.11. The average Bonchev–Trinajstić information content (AvgIpc) is 3.54. The second-order valence-corrected chi connectivity index (χ2v) is 11.0. The number of fused-ring (bicyclic) bond motifs is 1. The van der Waals surface area contributed by atoms with Gasteiger partial charge in [0.25, 0.3) is 0 Å². The van der Waals surface area contributed by atoms with Crippen molar-refractivity contribution in [1.29, 1.82) is 0 Å². The summed E-state index contributed by atoms with van der Waals surface area (Å²) in [4.78, 5) is 23.0. The van der Waals surface area contributed by atoms with E-state index in [1.165, 1.54) is 22.9 Å². The minimum atomic E-state index is -4.71. The topological polar surface area (TPSA) is 119 Å². The van der Waals surface area contributed by atoms with E-state index in [9.17, 15) is 28.4 Å². The summed E-state index contributed by atoms with van der Waals surface area (Å²) in [5.74, 6) is 0.00387. The second-order valence-electron chi connectivity index (χ2n) is 9.65. The Hall–Kier alpha value is -3.66. The molecule has 16 heteroatoms. The van der Waals surface area contributed by atoms with Gasteiger partial charge in [0.2, 0.25) is 0 Å². The monoisotopic (exact) mass is 626 g/mol. The zero-order valence-corrected chi connectivity index (χ0v) is 23.6. The van der Waals surface area contributed by atoms with E-state index < -0.39 is 17.4 Å². The van der Waals surface area contributed by atoms with E-state index in [-0.39, 0.29) is 36.4 Å². The van der Waals surface area contributed by atoms with E-state index in [1.54, 1.807) is 29.5 Å². The number of rotatable bonds is 11. The van der Waals surface area contributed by atoms with Gasteiger partial charge in [0.1, 0.15) is 24.3 Å². The largest absolute Gasteiger partial charge is 0.573 e. The molecule has 0 unspecified atom stereocenters. The maximum atomic E-state index is 12.4. The number of aliphatic hydroxyl groups is 1. The summed E-state index contributed by atoms with van der Waals surface area (Å²) in [6.45, 7) is 3.98. The minimum Gasteiger partial charge on any atom is -0.491 e. The Balaban J connectivity index is 1.09. The van der Waals surface area contributed by atoms with Crippen LogP contribution in [0.1, 0.15) is 12.0 Å². The molecule has 0 bridgehead atoms. The second kappa shape index (κ2) is 12.7. The summed E-state index contributed by atoms with van der Waals surface area (Å²) in [6.07, 6.45) is -4.03. The molecule has 1 saturated heterocycles. The molecule has 224 valence electrons. The lowest BCUT2D eigenvalue weighted by Gasteiger charge is -2.34. The molecule has 1 atom stereocenters. The first kappa shape index (κ1) is 29.8. The zero-order valence-electron chi connectivity index (χ0n) is 22.0. The first-order chi connectivity index (χ1) is 20.0. The van der Waals surface area contributed by atoms with E-state index >= 15 is 0 Å². The first-order valence-corrected chi connectivity index (χ1v) is 14.1. The van der Waals surface area contributed by atoms with Gasteiger partial charge in [-0.15, -0.1) is 13.2 Å². The van der Waals surface area contributed by atoms with Gasteiger partial charge in [-0.3, -0.25) is 9.47 Å². The van der Waals surface area contributed by atoms with Crippen LogP contribution in [0.4, 0.5) is 24.1 Å². The summed E-state index contributed by atoms with van der Waals surface area (Å²) in [5.41, 5.74) is 1.74. The molecule has 1 fully saturated rings. The van der Waals surface area contributed by atoms with Gasteiger partial charge in [-0.2, -0.15) is 0 Å². The Kier molecular flexibility index (Phi) is 9.01. The molecule has 1 N–H and O–H groups in total. The molecular weight excluding hydrogens is 601 g/mol. The van der Waals surface area contributed by atoms with Crippen molar-refractivity contribution < 1.29 is 32.7 Å². The summed E-state index contributed by atoms with van der Waals surface area (Å²) in [7, 11) is 0. The lowest BCUT2D eigenvalue weighted by atomic mass is 10.2. The lowest BCUT2D eigenvalue weighted by molar-refractivity contribution is -0.389. The number of hydrogen-bond acceptors (Lipinski definition) is 10. The smallest absolute Gasteiger partial charge is 0.491 e. The number of aliphatic hydroxyl groups excluding tert-OH is 1. The Labute approximate surface area is 246 Å². The number of anilines is 1.